The van der Waals surface area contributed by atoms with E-state index in [0.29, 0.717) is 24.6 Å². The van der Waals surface area contributed by atoms with Gasteiger partial charge in [0.15, 0.2) is 5.76 Å². The minimum absolute atomic E-state index is 0.0872. The van der Waals surface area contributed by atoms with Crippen LogP contribution in [0.4, 0.5) is 0 Å². The van der Waals surface area contributed by atoms with Gasteiger partial charge in [0.2, 0.25) is 0 Å². The monoisotopic (exact) mass is 450 g/mol. The third-order valence-electron chi connectivity index (χ3n) is 5.24. The number of carbonyl (C=O) groups is 1. The number of furan rings is 1. The molecule has 1 aliphatic rings. The lowest BCUT2D eigenvalue weighted by atomic mass is 10.0. The minimum atomic E-state index is -0.0872. The van der Waals surface area contributed by atoms with Gasteiger partial charge >= 0.3 is 0 Å². The molecule has 1 N–H and O–H groups in total. The van der Waals surface area contributed by atoms with E-state index in [1.54, 1.807) is 12.1 Å². The molecule has 5 rings (SSSR count). The average Bonchev–Trinajstić information content (AvgIpc) is 3.37. The summed E-state index contributed by atoms with van der Waals surface area (Å²) < 4.78 is 12.5. The van der Waals surface area contributed by atoms with Crippen LogP contribution in [0.25, 0.3) is 10.9 Å². The normalized spacial score (nSPS) is 13.5. The molecule has 4 aromatic rings. The van der Waals surface area contributed by atoms with Crippen LogP contribution >= 0.6 is 15.9 Å². The third kappa shape index (κ3) is 3.56. The van der Waals surface area contributed by atoms with Crippen LogP contribution < -0.4 is 4.74 Å². The van der Waals surface area contributed by atoms with Crippen molar-refractivity contribution in [3.05, 3.63) is 87.9 Å². The van der Waals surface area contributed by atoms with E-state index in [4.69, 9.17) is 9.15 Å². The Morgan fingerprint density at radius 3 is 2.79 bits per heavy atom. The summed E-state index contributed by atoms with van der Waals surface area (Å²) in [6.07, 6.45) is 0.815. The summed E-state index contributed by atoms with van der Waals surface area (Å²) in [7, 11) is 0. The van der Waals surface area contributed by atoms with Crippen molar-refractivity contribution in [2.24, 2.45) is 0 Å². The van der Waals surface area contributed by atoms with Crippen LogP contribution in [0.5, 0.6) is 5.75 Å². The number of rotatable bonds is 4. The molecule has 3 heterocycles. The van der Waals surface area contributed by atoms with E-state index in [1.165, 1.54) is 16.6 Å². The number of hydrogen-bond donors (Lipinski definition) is 1. The number of amides is 1. The summed E-state index contributed by atoms with van der Waals surface area (Å²) in [5.41, 5.74) is 3.54. The van der Waals surface area contributed by atoms with E-state index >= 15 is 0 Å². The van der Waals surface area contributed by atoms with Gasteiger partial charge in [0.05, 0.1) is 0 Å². The van der Waals surface area contributed by atoms with Crippen LogP contribution in [0.1, 0.15) is 27.6 Å². The molecule has 0 fully saturated rings. The van der Waals surface area contributed by atoms with Gasteiger partial charge in [-0.2, -0.15) is 0 Å². The molecule has 0 aliphatic carbocycles. The van der Waals surface area contributed by atoms with Gasteiger partial charge in [0.25, 0.3) is 5.91 Å². The van der Waals surface area contributed by atoms with Gasteiger partial charge in [-0.3, -0.25) is 4.79 Å². The maximum absolute atomic E-state index is 13.0. The van der Waals surface area contributed by atoms with Gasteiger partial charge < -0.3 is 19.0 Å². The fourth-order valence-corrected chi connectivity index (χ4v) is 4.02. The van der Waals surface area contributed by atoms with Gasteiger partial charge in [0.1, 0.15) is 18.1 Å². The number of nitrogens with zero attached hydrogens (tertiary/aromatic N) is 1. The van der Waals surface area contributed by atoms with Crippen LogP contribution in [0.3, 0.4) is 0 Å². The summed E-state index contributed by atoms with van der Waals surface area (Å²) in [5, 5.41) is 1.18. The summed E-state index contributed by atoms with van der Waals surface area (Å²) in [4.78, 5) is 18.3. The number of carbonyl (C=O) groups excluding carboxylic acids is 1. The Morgan fingerprint density at radius 2 is 1.93 bits per heavy atom. The van der Waals surface area contributed by atoms with Crippen LogP contribution in [-0.2, 0) is 19.6 Å². The van der Waals surface area contributed by atoms with E-state index in [0.717, 1.165) is 22.2 Å². The maximum atomic E-state index is 13.0. The Bertz CT molecular complexity index is 1180. The summed E-state index contributed by atoms with van der Waals surface area (Å²) in [5.74, 6) is 1.64. The Hall–Kier alpha value is -2.99. The van der Waals surface area contributed by atoms with E-state index in [1.807, 2.05) is 41.3 Å². The molecular weight excluding hydrogens is 432 g/mol. The maximum Gasteiger partial charge on any atom is 0.289 e. The van der Waals surface area contributed by atoms with Gasteiger partial charge in [-0.25, -0.2) is 0 Å². The largest absolute Gasteiger partial charge is 0.486 e. The molecule has 1 aliphatic heterocycles. The van der Waals surface area contributed by atoms with Crippen LogP contribution in [-0.4, -0.2) is 22.3 Å². The van der Waals surface area contributed by atoms with Crippen molar-refractivity contribution in [3.63, 3.8) is 0 Å². The van der Waals surface area contributed by atoms with Gasteiger partial charge in [-0.15, -0.1) is 0 Å². The first-order chi connectivity index (χ1) is 14.2. The van der Waals surface area contributed by atoms with Crippen molar-refractivity contribution in [3.8, 4) is 5.75 Å². The standard InChI is InChI=1S/C23H19BrN2O3/c24-15-5-7-16(8-6-15)28-14-17-9-10-22(29-17)23(27)26-12-11-21-19(13-26)18-3-1-2-4-20(18)25-21/h1-10,25H,11-14H2. The second-order valence-corrected chi connectivity index (χ2v) is 8.03. The fraction of sp³-hybridized carbons (Fsp3) is 0.174. The van der Waals surface area contributed by atoms with Crippen molar-refractivity contribution in [2.75, 3.05) is 6.54 Å². The first kappa shape index (κ1) is 18.1. The minimum Gasteiger partial charge on any atom is -0.486 e. The quantitative estimate of drug-likeness (QED) is 0.458. The number of benzene rings is 2. The summed E-state index contributed by atoms with van der Waals surface area (Å²) in [6.45, 7) is 1.54. The predicted octanol–water partition coefficient (Wildman–Crippen LogP) is 5.30. The lowest BCUT2D eigenvalue weighted by Crippen LogP contribution is -2.35. The molecular formula is C23H19BrN2O3. The Kier molecular flexibility index (Phi) is 4.64. The average molecular weight is 451 g/mol. The van der Waals surface area contributed by atoms with E-state index in [-0.39, 0.29) is 12.5 Å². The molecule has 0 saturated heterocycles. The number of H-pyrrole nitrogens is 1. The molecule has 2 aromatic heterocycles. The number of aromatic amines is 1. The van der Waals surface area contributed by atoms with E-state index < -0.39 is 0 Å². The van der Waals surface area contributed by atoms with Crippen molar-refractivity contribution in [1.29, 1.82) is 0 Å². The topological polar surface area (TPSA) is 58.5 Å². The fourth-order valence-electron chi connectivity index (χ4n) is 3.75. The van der Waals surface area contributed by atoms with Gasteiger partial charge in [-0.05, 0) is 42.5 Å². The molecule has 0 atom stereocenters. The lowest BCUT2D eigenvalue weighted by Gasteiger charge is -2.26. The molecule has 146 valence electrons. The van der Waals surface area contributed by atoms with Crippen molar-refractivity contribution < 1.29 is 13.9 Å². The van der Waals surface area contributed by atoms with Crippen LogP contribution in [0.15, 0.2) is 69.6 Å². The van der Waals surface area contributed by atoms with Gasteiger partial charge in [-0.1, -0.05) is 34.1 Å². The third-order valence-corrected chi connectivity index (χ3v) is 5.77. The molecule has 6 heteroatoms. The first-order valence-electron chi connectivity index (χ1n) is 9.52. The van der Waals surface area contributed by atoms with Crippen LogP contribution in [0, 0.1) is 0 Å². The number of ether oxygens (including phenoxy) is 1. The first-order valence-corrected chi connectivity index (χ1v) is 10.3. The highest BCUT2D eigenvalue weighted by Gasteiger charge is 2.26. The molecule has 0 spiro atoms. The molecule has 0 bridgehead atoms. The number of hydrogen-bond acceptors (Lipinski definition) is 3. The van der Waals surface area contributed by atoms with Crippen molar-refractivity contribution in [2.45, 2.75) is 19.6 Å². The van der Waals surface area contributed by atoms with Gasteiger partial charge in [0, 0.05) is 46.1 Å². The Morgan fingerprint density at radius 1 is 1.10 bits per heavy atom. The molecule has 0 radical (unpaired) electrons. The number of nitrogens with one attached hydrogen (secondary N) is 1. The molecule has 0 unspecified atom stereocenters. The highest BCUT2D eigenvalue weighted by molar-refractivity contribution is 9.10. The lowest BCUT2D eigenvalue weighted by molar-refractivity contribution is 0.0698. The number of fused-ring (bicyclic) bond motifs is 3. The zero-order valence-corrected chi connectivity index (χ0v) is 17.2. The zero-order chi connectivity index (χ0) is 19.8. The second-order valence-electron chi connectivity index (χ2n) is 7.11. The number of halogens is 1. The summed E-state index contributed by atoms with van der Waals surface area (Å²) in [6, 6.07) is 19.4. The number of para-hydroxylation sites is 1. The van der Waals surface area contributed by atoms with Crippen molar-refractivity contribution in [1.82, 2.24) is 9.88 Å². The smallest absolute Gasteiger partial charge is 0.289 e. The molecule has 2 aromatic carbocycles. The SMILES string of the molecule is O=C(c1ccc(COc2ccc(Br)cc2)o1)N1CCc2[nH]c3ccccc3c2C1. The Balaban J connectivity index is 1.28. The van der Waals surface area contributed by atoms with Crippen LogP contribution in [0.2, 0.25) is 0 Å². The molecule has 1 amide bonds. The highest BCUT2D eigenvalue weighted by Crippen LogP contribution is 2.28. The second kappa shape index (κ2) is 7.44. The predicted molar refractivity (Wildman–Crippen MR) is 114 cm³/mol. The molecule has 5 nitrogen and oxygen atoms in total. The Labute approximate surface area is 176 Å². The van der Waals surface area contributed by atoms with E-state index in [9.17, 15) is 4.79 Å². The van der Waals surface area contributed by atoms with E-state index in [2.05, 4.69) is 33.0 Å². The molecule has 29 heavy (non-hydrogen) atoms. The van der Waals surface area contributed by atoms with Crippen molar-refractivity contribution >= 4 is 32.7 Å². The zero-order valence-electron chi connectivity index (χ0n) is 15.7. The molecule has 0 saturated carbocycles. The highest BCUT2D eigenvalue weighted by atomic mass is 79.9. The summed E-state index contributed by atoms with van der Waals surface area (Å²) >= 11 is 3.40. The number of aromatic nitrogens is 1.